The number of aromatic nitrogens is 2. The van der Waals surface area contributed by atoms with Crippen LogP contribution in [0.4, 0.5) is 4.39 Å². The van der Waals surface area contributed by atoms with Gasteiger partial charge in [-0.3, -0.25) is 4.79 Å². The summed E-state index contributed by atoms with van der Waals surface area (Å²) in [6.07, 6.45) is 10.1. The first-order valence-corrected chi connectivity index (χ1v) is 13.0. The number of carbonyl (C=O) groups excluding carboxylic acids is 1. The summed E-state index contributed by atoms with van der Waals surface area (Å²) in [7, 11) is 0. The molecule has 3 fully saturated rings. The highest BCUT2D eigenvalue weighted by atomic mass is 19.1. The lowest BCUT2D eigenvalue weighted by molar-refractivity contribution is 0.0521. The smallest absolute Gasteiger partial charge is 0.339 e. The highest BCUT2D eigenvalue weighted by molar-refractivity contribution is 5.96. The third-order valence-corrected chi connectivity index (χ3v) is 8.24. The lowest BCUT2D eigenvalue weighted by Gasteiger charge is -2.40. The molecule has 1 aliphatic heterocycles. The van der Waals surface area contributed by atoms with Crippen LogP contribution in [0.1, 0.15) is 83.7 Å². The molecule has 6 nitrogen and oxygen atoms in total. The molecule has 2 aliphatic carbocycles. The van der Waals surface area contributed by atoms with Crippen molar-refractivity contribution in [2.75, 3.05) is 13.1 Å². The molecule has 186 valence electrons. The minimum atomic E-state index is -0.992. The maximum atomic E-state index is 15.8. The number of piperidine rings is 1. The first kappa shape index (κ1) is 23.0. The lowest BCUT2D eigenvalue weighted by Crippen LogP contribution is -2.45. The van der Waals surface area contributed by atoms with Crippen LogP contribution >= 0.6 is 0 Å². The van der Waals surface area contributed by atoms with E-state index in [0.29, 0.717) is 29.1 Å². The van der Waals surface area contributed by atoms with Gasteiger partial charge < -0.3 is 10.0 Å². The first-order chi connectivity index (χ1) is 17.5. The fourth-order valence-electron chi connectivity index (χ4n) is 6.29. The predicted octanol–water partition coefficient (Wildman–Crippen LogP) is 6.05. The third kappa shape index (κ3) is 4.00. The number of carboxylic acid groups (broad SMARTS) is 1. The van der Waals surface area contributed by atoms with Crippen LogP contribution in [0, 0.1) is 11.2 Å². The zero-order valence-electron chi connectivity index (χ0n) is 20.3. The zero-order chi connectivity index (χ0) is 24.9. The second kappa shape index (κ2) is 8.87. The Labute approximate surface area is 209 Å². The van der Waals surface area contributed by atoms with Crippen molar-refractivity contribution >= 4 is 11.9 Å². The van der Waals surface area contributed by atoms with Crippen molar-refractivity contribution in [2.45, 2.75) is 57.3 Å². The number of benzene rings is 2. The molecule has 7 heteroatoms. The Hall–Kier alpha value is -3.48. The van der Waals surface area contributed by atoms with Gasteiger partial charge in [0.25, 0.3) is 5.91 Å². The molecule has 2 saturated carbocycles. The van der Waals surface area contributed by atoms with Gasteiger partial charge in [-0.1, -0.05) is 37.1 Å². The van der Waals surface area contributed by atoms with E-state index in [-0.39, 0.29) is 28.4 Å². The molecule has 36 heavy (non-hydrogen) atoms. The van der Waals surface area contributed by atoms with E-state index in [1.54, 1.807) is 22.9 Å². The molecule has 3 aliphatic rings. The van der Waals surface area contributed by atoms with Crippen molar-refractivity contribution in [2.24, 2.45) is 5.41 Å². The minimum absolute atomic E-state index is 0.110. The first-order valence-electron chi connectivity index (χ1n) is 13.0. The van der Waals surface area contributed by atoms with E-state index in [9.17, 15) is 14.7 Å². The molecule has 6 rings (SSSR count). The summed E-state index contributed by atoms with van der Waals surface area (Å²) in [5, 5.41) is 13.9. The average molecular weight is 488 g/mol. The fourth-order valence-corrected chi connectivity index (χ4v) is 6.29. The highest BCUT2D eigenvalue weighted by Gasteiger charge is 2.40. The van der Waals surface area contributed by atoms with Gasteiger partial charge in [-0.25, -0.2) is 13.9 Å². The van der Waals surface area contributed by atoms with Crippen LogP contribution in [-0.2, 0) is 0 Å². The van der Waals surface area contributed by atoms with Gasteiger partial charge in [0, 0.05) is 24.6 Å². The molecule has 0 radical (unpaired) electrons. The van der Waals surface area contributed by atoms with Crippen molar-refractivity contribution in [3.05, 3.63) is 71.3 Å². The molecule has 1 amide bonds. The molecule has 1 saturated heterocycles. The van der Waals surface area contributed by atoms with Gasteiger partial charge in [0.15, 0.2) is 0 Å². The van der Waals surface area contributed by atoms with E-state index in [0.717, 1.165) is 45.1 Å². The largest absolute Gasteiger partial charge is 0.478 e. The molecule has 0 bridgehead atoms. The Morgan fingerprint density at radius 2 is 1.75 bits per heavy atom. The second-order valence-corrected chi connectivity index (χ2v) is 10.7. The molecule has 3 aromatic rings. The monoisotopic (exact) mass is 487 g/mol. The molecular formula is C29H30FN3O3. The molecule has 0 atom stereocenters. The molecule has 2 heterocycles. The van der Waals surface area contributed by atoms with E-state index >= 15 is 4.39 Å². The van der Waals surface area contributed by atoms with Gasteiger partial charge in [-0.05, 0) is 67.7 Å². The number of carbonyl (C=O) groups is 2. The summed E-state index contributed by atoms with van der Waals surface area (Å²) in [5.74, 6) is -1.56. The van der Waals surface area contributed by atoms with Crippen molar-refractivity contribution in [3.63, 3.8) is 0 Å². The average Bonchev–Trinajstić information content (AvgIpc) is 3.47. The van der Waals surface area contributed by atoms with Crippen LogP contribution in [0.3, 0.4) is 0 Å². The van der Waals surface area contributed by atoms with Gasteiger partial charge in [-0.2, -0.15) is 5.10 Å². The summed E-state index contributed by atoms with van der Waals surface area (Å²) in [5.41, 5.74) is 2.89. The fraction of sp³-hybridized carbons (Fsp3) is 0.414. The van der Waals surface area contributed by atoms with E-state index in [1.807, 2.05) is 29.2 Å². The Balaban J connectivity index is 1.32. The molecule has 1 spiro atoms. The quantitative estimate of drug-likeness (QED) is 0.475. The van der Waals surface area contributed by atoms with Crippen LogP contribution in [0.2, 0.25) is 0 Å². The van der Waals surface area contributed by atoms with E-state index < -0.39 is 11.8 Å². The molecule has 1 N–H and O–H groups in total. The molecule has 2 aromatic carbocycles. The SMILES string of the molecule is O=C(O)c1cnn(-c2cccc(-c3cccc(C(=O)N4CCCC5(CCCC5)C4)c3F)c2)c1C1CC1. The number of nitrogens with zero attached hydrogens (tertiary/aromatic N) is 3. The van der Waals surface area contributed by atoms with Crippen molar-refractivity contribution in [3.8, 4) is 16.8 Å². The normalized spacial score (nSPS) is 19.1. The van der Waals surface area contributed by atoms with Crippen LogP contribution in [0.5, 0.6) is 0 Å². The van der Waals surface area contributed by atoms with Gasteiger partial charge in [0.1, 0.15) is 11.4 Å². The maximum absolute atomic E-state index is 15.8. The third-order valence-electron chi connectivity index (χ3n) is 8.24. The molecule has 0 unspecified atom stereocenters. The topological polar surface area (TPSA) is 75.4 Å². The van der Waals surface area contributed by atoms with Crippen LogP contribution < -0.4 is 0 Å². The van der Waals surface area contributed by atoms with Gasteiger partial charge >= 0.3 is 5.97 Å². The van der Waals surface area contributed by atoms with Crippen molar-refractivity contribution in [1.82, 2.24) is 14.7 Å². The number of likely N-dealkylation sites (tertiary alicyclic amines) is 1. The summed E-state index contributed by atoms with van der Waals surface area (Å²) < 4.78 is 17.5. The van der Waals surface area contributed by atoms with Gasteiger partial charge in [-0.15, -0.1) is 0 Å². The molecular weight excluding hydrogens is 457 g/mol. The Morgan fingerprint density at radius 3 is 2.50 bits per heavy atom. The number of hydrogen-bond acceptors (Lipinski definition) is 3. The summed E-state index contributed by atoms with van der Waals surface area (Å²) in [4.78, 5) is 27.0. The summed E-state index contributed by atoms with van der Waals surface area (Å²) in [6, 6.07) is 12.3. The maximum Gasteiger partial charge on any atom is 0.339 e. The Kier molecular flexibility index (Phi) is 5.66. The Bertz CT molecular complexity index is 1340. The van der Waals surface area contributed by atoms with E-state index in [2.05, 4.69) is 5.10 Å². The van der Waals surface area contributed by atoms with E-state index in [4.69, 9.17) is 0 Å². The highest BCUT2D eigenvalue weighted by Crippen LogP contribution is 2.45. The second-order valence-electron chi connectivity index (χ2n) is 10.7. The number of hydrogen-bond donors (Lipinski definition) is 1. The lowest BCUT2D eigenvalue weighted by atomic mass is 9.78. The number of carboxylic acids is 1. The standard InChI is InChI=1S/C29H30FN3O3/c30-25-22(8-4-9-23(25)27(34)32-15-5-14-29(18-32)12-1-2-13-29)20-6-3-7-21(16-20)33-26(19-10-11-19)24(17-31-33)28(35)36/h3-4,6-9,16-17,19H,1-2,5,10-15,18H2,(H,35,36). The van der Waals surface area contributed by atoms with Gasteiger partial charge in [0.2, 0.25) is 0 Å². The minimum Gasteiger partial charge on any atom is -0.478 e. The van der Waals surface area contributed by atoms with Gasteiger partial charge in [0.05, 0.1) is 23.1 Å². The predicted molar refractivity (Wildman–Crippen MR) is 134 cm³/mol. The summed E-state index contributed by atoms with van der Waals surface area (Å²) in [6.45, 7) is 1.40. The van der Waals surface area contributed by atoms with Crippen LogP contribution in [0.25, 0.3) is 16.8 Å². The van der Waals surface area contributed by atoms with Crippen molar-refractivity contribution in [1.29, 1.82) is 0 Å². The Morgan fingerprint density at radius 1 is 1.00 bits per heavy atom. The zero-order valence-corrected chi connectivity index (χ0v) is 20.3. The van der Waals surface area contributed by atoms with Crippen molar-refractivity contribution < 1.29 is 19.1 Å². The van der Waals surface area contributed by atoms with E-state index in [1.165, 1.54) is 19.0 Å². The number of halogens is 1. The number of aromatic carboxylic acids is 1. The number of amides is 1. The molecule has 1 aromatic heterocycles. The number of rotatable bonds is 5. The summed E-state index contributed by atoms with van der Waals surface area (Å²) >= 11 is 0. The van der Waals surface area contributed by atoms with Crippen LogP contribution in [0.15, 0.2) is 48.7 Å². The van der Waals surface area contributed by atoms with Crippen LogP contribution in [-0.4, -0.2) is 44.8 Å².